The highest BCUT2D eigenvalue weighted by atomic mass is 32.2. The number of aryl methyl sites for hydroxylation is 2. The third kappa shape index (κ3) is 5.84. The summed E-state index contributed by atoms with van der Waals surface area (Å²) in [7, 11) is 0.790. The van der Waals surface area contributed by atoms with E-state index in [0.717, 1.165) is 22.4 Å². The van der Waals surface area contributed by atoms with Crippen molar-refractivity contribution in [1.29, 1.82) is 0 Å². The van der Waals surface area contributed by atoms with Gasteiger partial charge in [0.05, 0.1) is 11.5 Å². The van der Waals surface area contributed by atoms with Crippen molar-refractivity contribution in [2.24, 2.45) is 0 Å². The van der Waals surface area contributed by atoms with Crippen LogP contribution in [0.2, 0.25) is 0 Å². The maximum absolute atomic E-state index is 12.7. The number of hydrogen-bond acceptors (Lipinski definition) is 5. The van der Waals surface area contributed by atoms with Crippen molar-refractivity contribution in [2.75, 3.05) is 45.4 Å². The molecule has 1 aliphatic heterocycles. The number of nitrogens with one attached hydrogen (secondary N) is 1. The number of nitrogens with zero attached hydrogens (tertiary/aromatic N) is 2. The number of carbonyl (C=O) groups is 1. The van der Waals surface area contributed by atoms with E-state index in [1.807, 2.05) is 51.9 Å². The zero-order valence-corrected chi connectivity index (χ0v) is 17.7. The number of amides is 2. The van der Waals surface area contributed by atoms with Crippen LogP contribution in [0.1, 0.15) is 23.1 Å². The molecule has 0 aromatic heterocycles. The molecule has 1 N–H and O–H groups in total. The molecule has 27 heavy (non-hydrogen) atoms. The van der Waals surface area contributed by atoms with E-state index < -0.39 is 9.84 Å². The zero-order chi connectivity index (χ0) is 20.2. The Morgan fingerprint density at radius 3 is 2.44 bits per heavy atom. The summed E-state index contributed by atoms with van der Waals surface area (Å²) in [6, 6.07) is 3.46. The van der Waals surface area contributed by atoms with Gasteiger partial charge in [-0.1, -0.05) is 12.1 Å². The molecule has 2 rings (SSSR count). The topological polar surface area (TPSA) is 79.0 Å². The van der Waals surface area contributed by atoms with Gasteiger partial charge in [0, 0.05) is 19.1 Å². The molecular weight excluding hydrogens is 366 g/mol. The van der Waals surface area contributed by atoms with Crippen LogP contribution >= 0.6 is 0 Å². The summed E-state index contributed by atoms with van der Waals surface area (Å²) in [5.74, 6) is 0.949. The lowest BCUT2D eigenvalue weighted by molar-refractivity contribution is 0.162. The first-order chi connectivity index (χ1) is 12.6. The summed E-state index contributed by atoms with van der Waals surface area (Å²) in [4.78, 5) is 16.3. The number of sulfone groups is 1. The summed E-state index contributed by atoms with van der Waals surface area (Å²) < 4.78 is 29.4. The lowest BCUT2D eigenvalue weighted by Crippen LogP contribution is -2.49. The normalized spacial score (nSPS) is 18.5. The van der Waals surface area contributed by atoms with Gasteiger partial charge >= 0.3 is 6.03 Å². The molecule has 1 aliphatic rings. The molecule has 0 saturated carbocycles. The molecule has 1 saturated heterocycles. The molecule has 2 amide bonds. The van der Waals surface area contributed by atoms with Gasteiger partial charge in [0.1, 0.15) is 5.75 Å². The molecular formula is C19H31N3O4S. The van der Waals surface area contributed by atoms with Crippen LogP contribution in [0.5, 0.6) is 5.75 Å². The number of urea groups is 1. The first-order valence-electron chi connectivity index (χ1n) is 9.20. The van der Waals surface area contributed by atoms with E-state index in [9.17, 15) is 13.2 Å². The van der Waals surface area contributed by atoms with E-state index in [1.54, 1.807) is 4.90 Å². The van der Waals surface area contributed by atoms with Crippen molar-refractivity contribution in [3.63, 3.8) is 0 Å². The summed E-state index contributed by atoms with van der Waals surface area (Å²) in [5, 5.41) is 2.78. The summed E-state index contributed by atoms with van der Waals surface area (Å²) in [5.41, 5.74) is 3.19. The summed E-state index contributed by atoms with van der Waals surface area (Å²) >= 11 is 0. The van der Waals surface area contributed by atoms with Crippen molar-refractivity contribution in [3.8, 4) is 5.75 Å². The average molecular weight is 398 g/mol. The van der Waals surface area contributed by atoms with Gasteiger partial charge in [-0.3, -0.25) is 0 Å². The highest BCUT2D eigenvalue weighted by Gasteiger charge is 2.34. The van der Waals surface area contributed by atoms with E-state index in [2.05, 4.69) is 5.32 Å². The van der Waals surface area contributed by atoms with E-state index in [-0.39, 0.29) is 30.3 Å². The lowest BCUT2D eigenvalue weighted by Gasteiger charge is -2.29. The minimum Gasteiger partial charge on any atom is -0.473 e. The van der Waals surface area contributed by atoms with Crippen LogP contribution in [0.25, 0.3) is 0 Å². The Labute approximate surface area is 162 Å². The standard InChI is InChI=1S/C19H31N3O4S/c1-14-6-7-15(2)18(16(14)3)26-13-20-19(23)22(10-9-21(4)5)17-8-11-27(24,25)12-17/h6-7,17H,8-13H2,1-5H3,(H,20,23). The van der Waals surface area contributed by atoms with E-state index in [4.69, 9.17) is 4.74 Å². The Morgan fingerprint density at radius 2 is 1.85 bits per heavy atom. The van der Waals surface area contributed by atoms with Crippen LogP contribution in [-0.2, 0) is 9.84 Å². The van der Waals surface area contributed by atoms with Crippen LogP contribution < -0.4 is 10.1 Å². The molecule has 0 spiro atoms. The van der Waals surface area contributed by atoms with Crippen molar-refractivity contribution >= 4 is 15.9 Å². The number of carbonyl (C=O) groups excluding carboxylic acids is 1. The molecule has 1 atom stereocenters. The third-order valence-electron chi connectivity index (χ3n) is 5.01. The van der Waals surface area contributed by atoms with Crippen LogP contribution in [0.3, 0.4) is 0 Å². The largest absolute Gasteiger partial charge is 0.473 e. The third-order valence-corrected chi connectivity index (χ3v) is 6.76. The lowest BCUT2D eigenvalue weighted by atomic mass is 10.1. The predicted molar refractivity (Wildman–Crippen MR) is 107 cm³/mol. The van der Waals surface area contributed by atoms with E-state index >= 15 is 0 Å². The van der Waals surface area contributed by atoms with Crippen LogP contribution in [0, 0.1) is 20.8 Å². The molecule has 7 nitrogen and oxygen atoms in total. The van der Waals surface area contributed by atoms with E-state index in [0.29, 0.717) is 19.5 Å². The van der Waals surface area contributed by atoms with Gasteiger partial charge in [0.2, 0.25) is 0 Å². The molecule has 152 valence electrons. The fraction of sp³-hybridized carbons (Fsp3) is 0.632. The van der Waals surface area contributed by atoms with Crippen molar-refractivity contribution in [2.45, 2.75) is 33.2 Å². The van der Waals surface area contributed by atoms with Gasteiger partial charge in [0.15, 0.2) is 16.6 Å². The first-order valence-corrected chi connectivity index (χ1v) is 11.0. The molecule has 1 aromatic rings. The SMILES string of the molecule is Cc1ccc(C)c(OCNC(=O)N(CCN(C)C)C2CCS(=O)(=O)C2)c1C. The van der Waals surface area contributed by atoms with E-state index in [1.165, 1.54) is 0 Å². The Kier molecular flexibility index (Phi) is 7.11. The molecule has 1 unspecified atom stereocenters. The second kappa shape index (κ2) is 8.93. The Bertz CT molecular complexity index is 777. The zero-order valence-electron chi connectivity index (χ0n) is 16.9. The van der Waals surface area contributed by atoms with Gasteiger partial charge in [0.25, 0.3) is 0 Å². The average Bonchev–Trinajstić information content (AvgIpc) is 2.94. The predicted octanol–water partition coefficient (Wildman–Crippen LogP) is 1.71. The van der Waals surface area contributed by atoms with Gasteiger partial charge in [-0.2, -0.15) is 0 Å². The minimum absolute atomic E-state index is 0.0325. The number of ether oxygens (including phenoxy) is 1. The quantitative estimate of drug-likeness (QED) is 0.709. The molecule has 1 heterocycles. The molecule has 8 heteroatoms. The fourth-order valence-corrected chi connectivity index (χ4v) is 4.93. The number of benzene rings is 1. The van der Waals surface area contributed by atoms with Crippen molar-refractivity contribution < 1.29 is 17.9 Å². The first kappa shape index (κ1) is 21.5. The molecule has 0 bridgehead atoms. The van der Waals surface area contributed by atoms with Crippen molar-refractivity contribution in [1.82, 2.24) is 15.1 Å². The number of rotatable bonds is 7. The number of likely N-dealkylation sites (N-methyl/N-ethyl adjacent to an activating group) is 1. The van der Waals surface area contributed by atoms with Crippen LogP contribution in [0.4, 0.5) is 4.79 Å². The Hall–Kier alpha value is -1.80. The highest BCUT2D eigenvalue weighted by Crippen LogP contribution is 2.25. The van der Waals surface area contributed by atoms with Crippen LogP contribution in [0.15, 0.2) is 12.1 Å². The maximum atomic E-state index is 12.7. The second-order valence-electron chi connectivity index (χ2n) is 7.48. The second-order valence-corrected chi connectivity index (χ2v) is 9.71. The maximum Gasteiger partial charge on any atom is 0.320 e. The Morgan fingerprint density at radius 1 is 1.19 bits per heavy atom. The monoisotopic (exact) mass is 397 g/mol. The molecule has 1 fully saturated rings. The molecule has 0 aliphatic carbocycles. The fourth-order valence-electron chi connectivity index (χ4n) is 3.20. The smallest absolute Gasteiger partial charge is 0.320 e. The highest BCUT2D eigenvalue weighted by molar-refractivity contribution is 7.91. The van der Waals surface area contributed by atoms with Gasteiger partial charge in [-0.25, -0.2) is 13.2 Å². The van der Waals surface area contributed by atoms with Crippen LogP contribution in [-0.4, -0.2) is 75.7 Å². The molecule has 1 aromatic carbocycles. The Balaban J connectivity index is 2.00. The van der Waals surface area contributed by atoms with Crippen molar-refractivity contribution in [3.05, 3.63) is 28.8 Å². The van der Waals surface area contributed by atoms with Gasteiger partial charge < -0.3 is 19.9 Å². The molecule has 0 radical (unpaired) electrons. The summed E-state index contributed by atoms with van der Waals surface area (Å²) in [6.45, 7) is 7.16. The summed E-state index contributed by atoms with van der Waals surface area (Å²) in [6.07, 6.45) is 0.486. The van der Waals surface area contributed by atoms with Gasteiger partial charge in [-0.15, -0.1) is 0 Å². The van der Waals surface area contributed by atoms with Gasteiger partial charge in [-0.05, 0) is 58.0 Å². The number of hydrogen-bond donors (Lipinski definition) is 1. The minimum atomic E-state index is -3.06.